The molecule has 0 aliphatic heterocycles. The molecule has 0 spiro atoms. The van der Waals surface area contributed by atoms with Crippen LogP contribution in [0.25, 0.3) is 10.9 Å². The van der Waals surface area contributed by atoms with E-state index < -0.39 is 0 Å². The fourth-order valence-corrected chi connectivity index (χ4v) is 3.60. The van der Waals surface area contributed by atoms with E-state index in [1.807, 2.05) is 37.3 Å². The minimum absolute atomic E-state index is 0.680. The van der Waals surface area contributed by atoms with Gasteiger partial charge in [0.05, 0.1) is 10.5 Å². The first-order valence-corrected chi connectivity index (χ1v) is 9.80. The zero-order valence-electron chi connectivity index (χ0n) is 16.3. The predicted octanol–water partition coefficient (Wildman–Crippen LogP) is 2.97. The lowest BCUT2D eigenvalue weighted by atomic mass is 10.1. The second kappa shape index (κ2) is 8.81. The van der Waals surface area contributed by atoms with E-state index in [-0.39, 0.29) is 0 Å². The number of fused-ring (bicyclic) bond motifs is 1. The van der Waals surface area contributed by atoms with Gasteiger partial charge in [-0.15, -0.1) is 11.3 Å². The molecule has 0 saturated heterocycles. The van der Waals surface area contributed by atoms with Gasteiger partial charge in [0, 0.05) is 57.1 Å². The molecule has 0 bridgehead atoms. The van der Waals surface area contributed by atoms with Crippen LogP contribution in [0.4, 0.5) is 5.82 Å². The largest absolute Gasteiger partial charge is 0.363 e. The second-order valence-corrected chi connectivity index (χ2v) is 7.84. The summed E-state index contributed by atoms with van der Waals surface area (Å²) in [6, 6.07) is 10.4. The van der Waals surface area contributed by atoms with Crippen molar-refractivity contribution in [2.45, 2.75) is 19.9 Å². The maximum absolute atomic E-state index is 4.71. The lowest BCUT2D eigenvalue weighted by molar-refractivity contribution is 0.793. The van der Waals surface area contributed by atoms with Crippen molar-refractivity contribution in [3.8, 4) is 0 Å². The van der Waals surface area contributed by atoms with Crippen LogP contribution < -0.4 is 15.5 Å². The normalized spacial score (nSPS) is 11.6. The van der Waals surface area contributed by atoms with Crippen LogP contribution in [0.1, 0.15) is 15.4 Å². The van der Waals surface area contributed by atoms with Gasteiger partial charge in [0.1, 0.15) is 5.82 Å². The predicted molar refractivity (Wildman–Crippen MR) is 115 cm³/mol. The van der Waals surface area contributed by atoms with Crippen LogP contribution >= 0.6 is 11.3 Å². The number of aromatic nitrogens is 2. The lowest BCUT2D eigenvalue weighted by Gasteiger charge is -2.16. The highest BCUT2D eigenvalue weighted by atomic mass is 32.1. The van der Waals surface area contributed by atoms with E-state index in [1.165, 1.54) is 10.4 Å². The number of anilines is 1. The van der Waals surface area contributed by atoms with Crippen LogP contribution in [0.2, 0.25) is 0 Å². The molecule has 2 heterocycles. The van der Waals surface area contributed by atoms with Gasteiger partial charge in [0.15, 0.2) is 5.96 Å². The van der Waals surface area contributed by atoms with E-state index in [1.54, 1.807) is 18.4 Å². The Kier molecular flexibility index (Phi) is 6.24. The first kappa shape index (κ1) is 19.1. The summed E-state index contributed by atoms with van der Waals surface area (Å²) in [7, 11) is 5.81. The Morgan fingerprint density at radius 3 is 2.74 bits per heavy atom. The third kappa shape index (κ3) is 4.95. The van der Waals surface area contributed by atoms with Crippen LogP contribution in [0.5, 0.6) is 0 Å². The monoisotopic (exact) mass is 382 g/mol. The van der Waals surface area contributed by atoms with Crippen molar-refractivity contribution in [2.24, 2.45) is 4.99 Å². The molecular weight excluding hydrogens is 356 g/mol. The number of thiazole rings is 1. The number of rotatable bonds is 6. The Morgan fingerprint density at radius 2 is 2.04 bits per heavy atom. The second-order valence-electron chi connectivity index (χ2n) is 6.52. The number of nitrogens with zero attached hydrogens (tertiary/aromatic N) is 4. The van der Waals surface area contributed by atoms with Gasteiger partial charge in [-0.1, -0.05) is 18.2 Å². The molecule has 2 N–H and O–H groups in total. The molecule has 0 unspecified atom stereocenters. The standard InChI is InChI=1S/C20H26N6S/c1-14-12-23-19(27-14)9-10-22-20(21-2)24-13-15-11-18(26(3)4)25-17-8-6-5-7-16(15)17/h5-8,11-12H,9-10,13H2,1-4H3,(H2,21,22,24). The number of hydrogen-bond acceptors (Lipinski definition) is 5. The number of pyridine rings is 1. The van der Waals surface area contributed by atoms with Crippen molar-refractivity contribution in [1.29, 1.82) is 0 Å². The molecule has 27 heavy (non-hydrogen) atoms. The van der Waals surface area contributed by atoms with Crippen molar-refractivity contribution < 1.29 is 0 Å². The van der Waals surface area contributed by atoms with Crippen LogP contribution in [0.15, 0.2) is 41.5 Å². The number of para-hydroxylation sites is 1. The van der Waals surface area contributed by atoms with Crippen molar-refractivity contribution in [3.05, 3.63) is 52.0 Å². The van der Waals surface area contributed by atoms with E-state index in [0.29, 0.717) is 6.54 Å². The van der Waals surface area contributed by atoms with Gasteiger partial charge in [-0.3, -0.25) is 4.99 Å². The van der Waals surface area contributed by atoms with Gasteiger partial charge in [-0.2, -0.15) is 0 Å². The molecule has 0 saturated carbocycles. The average Bonchev–Trinajstić information content (AvgIpc) is 3.09. The highest BCUT2D eigenvalue weighted by Crippen LogP contribution is 2.22. The smallest absolute Gasteiger partial charge is 0.191 e. The Hall–Kier alpha value is -2.67. The molecular formula is C20H26N6S. The Bertz CT molecular complexity index is 931. The van der Waals surface area contributed by atoms with Gasteiger partial charge in [-0.05, 0) is 24.6 Å². The quantitative estimate of drug-likeness (QED) is 0.507. The molecule has 0 atom stereocenters. The van der Waals surface area contributed by atoms with Crippen molar-refractivity contribution >= 4 is 34.0 Å². The van der Waals surface area contributed by atoms with E-state index in [2.05, 4.69) is 45.7 Å². The van der Waals surface area contributed by atoms with Crippen LogP contribution in [0.3, 0.4) is 0 Å². The number of nitrogens with one attached hydrogen (secondary N) is 2. The van der Waals surface area contributed by atoms with E-state index >= 15 is 0 Å². The number of benzene rings is 1. The fraction of sp³-hybridized carbons (Fsp3) is 0.350. The van der Waals surface area contributed by atoms with Crippen molar-refractivity contribution in [3.63, 3.8) is 0 Å². The number of guanidine groups is 1. The molecule has 0 aliphatic carbocycles. The van der Waals surface area contributed by atoms with Crippen molar-refractivity contribution in [1.82, 2.24) is 20.6 Å². The number of aliphatic imine (C=N–C) groups is 1. The minimum Gasteiger partial charge on any atom is -0.363 e. The maximum atomic E-state index is 4.71. The third-order valence-electron chi connectivity index (χ3n) is 4.22. The summed E-state index contributed by atoms with van der Waals surface area (Å²) >= 11 is 1.74. The first-order chi connectivity index (χ1) is 13.1. The molecule has 7 heteroatoms. The summed E-state index contributed by atoms with van der Waals surface area (Å²) in [5.41, 5.74) is 2.20. The SMILES string of the molecule is CN=C(NCCc1ncc(C)s1)NCc1cc(N(C)C)nc2ccccc12. The van der Waals surface area contributed by atoms with Gasteiger partial charge < -0.3 is 15.5 Å². The molecule has 6 nitrogen and oxygen atoms in total. The van der Waals surface area contributed by atoms with E-state index in [0.717, 1.165) is 40.7 Å². The Labute approximate surface area is 164 Å². The maximum Gasteiger partial charge on any atom is 0.191 e. The number of aryl methyl sites for hydroxylation is 1. The van der Waals surface area contributed by atoms with E-state index in [9.17, 15) is 0 Å². The zero-order chi connectivity index (χ0) is 19.2. The van der Waals surface area contributed by atoms with Gasteiger partial charge in [0.2, 0.25) is 0 Å². The molecule has 142 valence electrons. The van der Waals surface area contributed by atoms with Crippen LogP contribution in [-0.4, -0.2) is 43.6 Å². The summed E-state index contributed by atoms with van der Waals surface area (Å²) in [4.78, 5) is 16.7. The van der Waals surface area contributed by atoms with Gasteiger partial charge in [0.25, 0.3) is 0 Å². The summed E-state index contributed by atoms with van der Waals surface area (Å²) in [5, 5.41) is 9.07. The molecule has 3 rings (SSSR count). The average molecular weight is 383 g/mol. The van der Waals surface area contributed by atoms with E-state index in [4.69, 9.17) is 4.98 Å². The van der Waals surface area contributed by atoms with Crippen molar-refractivity contribution in [2.75, 3.05) is 32.6 Å². The van der Waals surface area contributed by atoms with Crippen LogP contribution in [-0.2, 0) is 13.0 Å². The molecule has 3 aromatic rings. The fourth-order valence-electron chi connectivity index (χ4n) is 2.81. The van der Waals surface area contributed by atoms with Gasteiger partial charge in [-0.25, -0.2) is 9.97 Å². The zero-order valence-corrected chi connectivity index (χ0v) is 17.1. The molecule has 2 aromatic heterocycles. The molecule has 1 aromatic carbocycles. The topological polar surface area (TPSA) is 65.4 Å². The minimum atomic E-state index is 0.680. The summed E-state index contributed by atoms with van der Waals surface area (Å²) in [5.74, 6) is 1.74. The molecule has 0 amide bonds. The highest BCUT2D eigenvalue weighted by Gasteiger charge is 2.08. The third-order valence-corrected chi connectivity index (χ3v) is 5.19. The summed E-state index contributed by atoms with van der Waals surface area (Å²) in [6.07, 6.45) is 2.81. The number of hydrogen-bond donors (Lipinski definition) is 2. The highest BCUT2D eigenvalue weighted by molar-refractivity contribution is 7.11. The molecule has 0 radical (unpaired) electrons. The molecule has 0 aliphatic rings. The van der Waals surface area contributed by atoms with Gasteiger partial charge >= 0.3 is 0 Å². The Balaban J connectivity index is 1.65. The molecule has 0 fully saturated rings. The summed E-state index contributed by atoms with van der Waals surface area (Å²) in [6.45, 7) is 3.56. The summed E-state index contributed by atoms with van der Waals surface area (Å²) < 4.78 is 0. The lowest BCUT2D eigenvalue weighted by Crippen LogP contribution is -2.37. The first-order valence-electron chi connectivity index (χ1n) is 8.98. The Morgan fingerprint density at radius 1 is 1.22 bits per heavy atom. The van der Waals surface area contributed by atoms with Crippen LogP contribution in [0, 0.1) is 6.92 Å².